The maximum Gasteiger partial charge on any atom is 0.0417 e. The van der Waals surface area contributed by atoms with Gasteiger partial charge in [0.25, 0.3) is 0 Å². The van der Waals surface area contributed by atoms with Gasteiger partial charge in [0.15, 0.2) is 0 Å². The van der Waals surface area contributed by atoms with Crippen molar-refractivity contribution in [2.45, 2.75) is 52.1 Å². The first kappa shape index (κ1) is 13.4. The lowest BCUT2D eigenvalue weighted by Crippen LogP contribution is -2.40. The summed E-state index contributed by atoms with van der Waals surface area (Å²) in [6.45, 7) is 9.12. The van der Waals surface area contributed by atoms with E-state index in [1.165, 1.54) is 37.1 Å². The van der Waals surface area contributed by atoms with E-state index in [1.807, 2.05) is 0 Å². The minimum absolute atomic E-state index is 0.543. The van der Waals surface area contributed by atoms with E-state index in [-0.39, 0.29) is 0 Å². The maximum absolute atomic E-state index is 3.68. The molecule has 0 amide bonds. The molecule has 0 saturated carbocycles. The molecule has 0 spiro atoms. The van der Waals surface area contributed by atoms with E-state index in [0.29, 0.717) is 12.1 Å². The molecule has 2 rings (SSSR count). The van der Waals surface area contributed by atoms with Crippen molar-refractivity contribution in [3.63, 3.8) is 0 Å². The van der Waals surface area contributed by atoms with Crippen LogP contribution in [0.4, 0.5) is 5.69 Å². The molecule has 0 bridgehead atoms. The summed E-state index contributed by atoms with van der Waals surface area (Å²) in [5.41, 5.74) is 2.92. The van der Waals surface area contributed by atoms with Gasteiger partial charge in [0.05, 0.1) is 0 Å². The monoisotopic (exact) mass is 246 g/mol. The second kappa shape index (κ2) is 6.24. The fraction of sp³-hybridized carbons (Fsp3) is 0.625. The summed E-state index contributed by atoms with van der Waals surface area (Å²) < 4.78 is 0. The highest BCUT2D eigenvalue weighted by molar-refractivity contribution is 5.57. The maximum atomic E-state index is 3.68. The summed E-state index contributed by atoms with van der Waals surface area (Å²) in [4.78, 5) is 2.57. The van der Waals surface area contributed by atoms with Crippen LogP contribution < -0.4 is 10.2 Å². The summed E-state index contributed by atoms with van der Waals surface area (Å²) in [7, 11) is 0. The number of benzene rings is 1. The van der Waals surface area contributed by atoms with Gasteiger partial charge in [-0.1, -0.05) is 32.0 Å². The van der Waals surface area contributed by atoms with E-state index in [0.717, 1.165) is 6.54 Å². The molecule has 1 aromatic rings. The van der Waals surface area contributed by atoms with Crippen molar-refractivity contribution in [3.8, 4) is 0 Å². The molecule has 2 atom stereocenters. The average Bonchev–Trinajstić information content (AvgIpc) is 2.43. The summed E-state index contributed by atoms with van der Waals surface area (Å²) in [6, 6.07) is 10.1. The van der Waals surface area contributed by atoms with Crippen LogP contribution >= 0.6 is 0 Å². The first-order valence-electron chi connectivity index (χ1n) is 7.36. The molecular formula is C16H26N2. The fourth-order valence-electron chi connectivity index (χ4n) is 2.80. The number of rotatable bonds is 5. The number of para-hydroxylation sites is 1. The molecule has 0 radical (unpaired) electrons. The Morgan fingerprint density at radius 2 is 2.11 bits per heavy atom. The van der Waals surface area contributed by atoms with Gasteiger partial charge in [0.1, 0.15) is 0 Å². The lowest BCUT2D eigenvalue weighted by atomic mass is 9.94. The molecule has 1 heterocycles. The van der Waals surface area contributed by atoms with Gasteiger partial charge < -0.3 is 10.2 Å². The second-order valence-corrected chi connectivity index (χ2v) is 5.30. The Balaban J connectivity index is 2.22. The third kappa shape index (κ3) is 2.69. The van der Waals surface area contributed by atoms with Crippen LogP contribution in [-0.4, -0.2) is 19.1 Å². The molecule has 2 heteroatoms. The quantitative estimate of drug-likeness (QED) is 0.851. The zero-order valence-corrected chi connectivity index (χ0v) is 11.9. The molecule has 2 unspecified atom stereocenters. The Kier molecular flexibility index (Phi) is 4.65. The lowest BCUT2D eigenvalue weighted by molar-refractivity contribution is 0.459. The van der Waals surface area contributed by atoms with Crippen LogP contribution in [-0.2, 0) is 0 Å². The Morgan fingerprint density at radius 3 is 2.83 bits per heavy atom. The predicted octanol–water partition coefficient (Wildman–Crippen LogP) is 3.74. The van der Waals surface area contributed by atoms with Crippen LogP contribution in [0.3, 0.4) is 0 Å². The Morgan fingerprint density at radius 1 is 1.33 bits per heavy atom. The van der Waals surface area contributed by atoms with Crippen LogP contribution in [0.25, 0.3) is 0 Å². The highest BCUT2D eigenvalue weighted by Gasteiger charge is 2.26. The number of fused-ring (bicyclic) bond motifs is 1. The van der Waals surface area contributed by atoms with Crippen LogP contribution in [0.5, 0.6) is 0 Å². The highest BCUT2D eigenvalue weighted by atomic mass is 15.2. The molecule has 0 fully saturated rings. The zero-order chi connectivity index (χ0) is 13.0. The van der Waals surface area contributed by atoms with Crippen LogP contribution in [0.1, 0.15) is 51.6 Å². The third-order valence-electron chi connectivity index (χ3n) is 4.04. The summed E-state index contributed by atoms with van der Waals surface area (Å²) in [6.07, 6.45) is 3.64. The molecule has 2 nitrogen and oxygen atoms in total. The molecular weight excluding hydrogens is 220 g/mol. The van der Waals surface area contributed by atoms with Crippen LogP contribution in [0.15, 0.2) is 24.3 Å². The number of hydrogen-bond acceptors (Lipinski definition) is 2. The molecule has 1 N–H and O–H groups in total. The van der Waals surface area contributed by atoms with Gasteiger partial charge in [-0.3, -0.25) is 0 Å². The van der Waals surface area contributed by atoms with Gasteiger partial charge in [-0.05, 0) is 44.4 Å². The Bertz CT molecular complexity index is 375. The van der Waals surface area contributed by atoms with Crippen molar-refractivity contribution in [2.75, 3.05) is 18.0 Å². The van der Waals surface area contributed by atoms with Crippen molar-refractivity contribution < 1.29 is 0 Å². The smallest absolute Gasteiger partial charge is 0.0417 e. The van der Waals surface area contributed by atoms with Crippen LogP contribution in [0, 0.1) is 0 Å². The number of nitrogens with zero attached hydrogens (tertiary/aromatic N) is 1. The second-order valence-electron chi connectivity index (χ2n) is 5.30. The number of anilines is 1. The van der Waals surface area contributed by atoms with Crippen molar-refractivity contribution in [1.29, 1.82) is 0 Å². The first-order valence-corrected chi connectivity index (χ1v) is 7.36. The number of nitrogens with one attached hydrogen (secondary N) is 1. The van der Waals surface area contributed by atoms with Gasteiger partial charge in [0.2, 0.25) is 0 Å². The minimum atomic E-state index is 0.543. The third-order valence-corrected chi connectivity index (χ3v) is 4.04. The first-order chi connectivity index (χ1) is 8.77. The molecule has 1 aliphatic heterocycles. The SMILES string of the molecule is CCCNC1CCN(C(C)CC)c2ccccc21. The molecule has 0 saturated heterocycles. The Labute approximate surface area is 111 Å². The molecule has 0 aromatic heterocycles. The van der Waals surface area contributed by atoms with E-state index in [1.54, 1.807) is 0 Å². The standard InChI is InChI=1S/C16H26N2/c1-4-11-17-15-10-12-18(13(3)5-2)16-9-7-6-8-14(15)16/h6-9,13,15,17H,4-5,10-12H2,1-3H3. The summed E-state index contributed by atoms with van der Waals surface area (Å²) in [5, 5.41) is 3.68. The van der Waals surface area contributed by atoms with Gasteiger partial charge in [-0.25, -0.2) is 0 Å². The van der Waals surface area contributed by atoms with Gasteiger partial charge in [0, 0.05) is 24.3 Å². The van der Waals surface area contributed by atoms with E-state index >= 15 is 0 Å². The average molecular weight is 246 g/mol. The van der Waals surface area contributed by atoms with Gasteiger partial charge in [-0.15, -0.1) is 0 Å². The zero-order valence-electron chi connectivity index (χ0n) is 11.9. The van der Waals surface area contributed by atoms with E-state index in [9.17, 15) is 0 Å². The highest BCUT2D eigenvalue weighted by Crippen LogP contribution is 2.35. The summed E-state index contributed by atoms with van der Waals surface area (Å²) >= 11 is 0. The molecule has 1 aromatic carbocycles. The normalized spacial score (nSPS) is 20.6. The Hall–Kier alpha value is -1.02. The number of hydrogen-bond donors (Lipinski definition) is 1. The van der Waals surface area contributed by atoms with Gasteiger partial charge >= 0.3 is 0 Å². The van der Waals surface area contributed by atoms with E-state index in [4.69, 9.17) is 0 Å². The van der Waals surface area contributed by atoms with E-state index in [2.05, 4.69) is 55.3 Å². The van der Waals surface area contributed by atoms with Crippen LogP contribution in [0.2, 0.25) is 0 Å². The van der Waals surface area contributed by atoms with Crippen molar-refractivity contribution in [3.05, 3.63) is 29.8 Å². The van der Waals surface area contributed by atoms with Crippen molar-refractivity contribution in [1.82, 2.24) is 5.32 Å². The predicted molar refractivity (Wildman–Crippen MR) is 79.2 cm³/mol. The fourth-order valence-corrected chi connectivity index (χ4v) is 2.80. The topological polar surface area (TPSA) is 15.3 Å². The molecule has 1 aliphatic rings. The lowest BCUT2D eigenvalue weighted by Gasteiger charge is -2.39. The molecule has 0 aliphatic carbocycles. The van der Waals surface area contributed by atoms with Crippen molar-refractivity contribution >= 4 is 5.69 Å². The van der Waals surface area contributed by atoms with Gasteiger partial charge in [-0.2, -0.15) is 0 Å². The molecule has 100 valence electrons. The summed E-state index contributed by atoms with van der Waals surface area (Å²) in [5.74, 6) is 0. The molecule has 18 heavy (non-hydrogen) atoms. The van der Waals surface area contributed by atoms with Crippen molar-refractivity contribution in [2.24, 2.45) is 0 Å². The largest absolute Gasteiger partial charge is 0.368 e. The van der Waals surface area contributed by atoms with E-state index < -0.39 is 0 Å². The minimum Gasteiger partial charge on any atom is -0.368 e.